The summed E-state index contributed by atoms with van der Waals surface area (Å²) in [6, 6.07) is 20.6. The van der Waals surface area contributed by atoms with Gasteiger partial charge in [-0.25, -0.2) is 0 Å². The zero-order chi connectivity index (χ0) is 27.5. The Bertz CT molecular complexity index is 1510. The zero-order valence-corrected chi connectivity index (χ0v) is 22.0. The SMILES string of the molecule is C=C(C(=O)N1CC2C3(c4ccc(O)c(OC)c4)CCC(c4ccccc43)C2(C(=O)O)C1)c1ccccc1OC. The molecule has 4 aliphatic rings. The molecule has 1 saturated carbocycles. The number of aromatic hydroxyl groups is 1. The van der Waals surface area contributed by atoms with Crippen molar-refractivity contribution in [1.29, 1.82) is 0 Å². The number of carbonyl (C=O) groups is 2. The average molecular weight is 526 g/mol. The summed E-state index contributed by atoms with van der Waals surface area (Å²) in [4.78, 5) is 29.0. The van der Waals surface area contributed by atoms with Crippen LogP contribution >= 0.6 is 0 Å². The van der Waals surface area contributed by atoms with Crippen LogP contribution in [0.1, 0.15) is 41.0 Å². The highest BCUT2D eigenvalue weighted by Gasteiger charge is 2.71. The molecule has 7 heteroatoms. The van der Waals surface area contributed by atoms with E-state index in [4.69, 9.17) is 9.47 Å². The fraction of sp³-hybridized carbons (Fsp3) is 0.312. The summed E-state index contributed by atoms with van der Waals surface area (Å²) < 4.78 is 10.9. The standard InChI is InChI=1S/C32H31NO6/c1-19(21-8-5-7-11-26(21)38-2)29(35)33-17-28-31(20-12-13-25(34)27(16-20)39-3)15-14-24(32(28,18-33)30(36)37)22-9-4-6-10-23(22)31/h4-13,16,24,28,34H,1,14-15,17-18H2,2-3H3,(H,36,37). The van der Waals surface area contributed by atoms with Crippen molar-refractivity contribution in [3.05, 3.63) is 95.6 Å². The Morgan fingerprint density at radius 1 is 1.00 bits per heavy atom. The van der Waals surface area contributed by atoms with Crippen LogP contribution in [-0.2, 0) is 15.0 Å². The van der Waals surface area contributed by atoms with Crippen LogP contribution < -0.4 is 9.47 Å². The summed E-state index contributed by atoms with van der Waals surface area (Å²) in [5.74, 6) is -0.897. The van der Waals surface area contributed by atoms with Crippen LogP contribution in [0.25, 0.3) is 5.57 Å². The van der Waals surface area contributed by atoms with E-state index in [1.54, 1.807) is 30.2 Å². The Labute approximate surface area is 227 Å². The van der Waals surface area contributed by atoms with Gasteiger partial charge in [-0.1, -0.05) is 55.1 Å². The van der Waals surface area contributed by atoms with Crippen molar-refractivity contribution in [3.8, 4) is 17.2 Å². The van der Waals surface area contributed by atoms with Gasteiger partial charge in [-0.2, -0.15) is 0 Å². The second kappa shape index (κ2) is 8.90. The number of aliphatic carboxylic acids is 1. The lowest BCUT2D eigenvalue weighted by Gasteiger charge is -2.59. The van der Waals surface area contributed by atoms with Crippen LogP contribution in [0.4, 0.5) is 0 Å². The van der Waals surface area contributed by atoms with Gasteiger partial charge >= 0.3 is 5.97 Å². The molecule has 7 nitrogen and oxygen atoms in total. The Balaban J connectivity index is 1.51. The molecule has 7 rings (SSSR count). The van der Waals surface area contributed by atoms with Crippen molar-refractivity contribution in [2.75, 3.05) is 27.3 Å². The third kappa shape index (κ3) is 3.28. The summed E-state index contributed by atoms with van der Waals surface area (Å²) >= 11 is 0. The molecule has 4 unspecified atom stereocenters. The van der Waals surface area contributed by atoms with Crippen LogP contribution in [-0.4, -0.2) is 54.3 Å². The van der Waals surface area contributed by atoms with E-state index in [-0.39, 0.29) is 42.2 Å². The second-order valence-corrected chi connectivity index (χ2v) is 10.8. The Hall–Kier alpha value is -4.26. The van der Waals surface area contributed by atoms with E-state index < -0.39 is 16.8 Å². The molecule has 1 aliphatic heterocycles. The number of carboxylic acid groups (broad SMARTS) is 1. The van der Waals surface area contributed by atoms with Crippen molar-refractivity contribution < 1.29 is 29.3 Å². The Morgan fingerprint density at radius 2 is 1.72 bits per heavy atom. The molecular formula is C32H31NO6. The van der Waals surface area contributed by atoms with E-state index in [0.29, 0.717) is 23.5 Å². The summed E-state index contributed by atoms with van der Waals surface area (Å²) in [5, 5.41) is 21.3. The lowest BCUT2D eigenvalue weighted by atomic mass is 9.42. The Kier molecular flexibility index (Phi) is 5.72. The van der Waals surface area contributed by atoms with E-state index in [0.717, 1.165) is 23.1 Å². The van der Waals surface area contributed by atoms with Crippen molar-refractivity contribution in [1.82, 2.24) is 4.90 Å². The number of para-hydroxylation sites is 1. The molecule has 3 aromatic carbocycles. The number of hydrogen-bond donors (Lipinski definition) is 2. The molecule has 0 radical (unpaired) electrons. The van der Waals surface area contributed by atoms with E-state index in [9.17, 15) is 19.8 Å². The fourth-order valence-electron chi connectivity index (χ4n) is 7.77. The predicted octanol–water partition coefficient (Wildman–Crippen LogP) is 4.83. The lowest BCUT2D eigenvalue weighted by Crippen LogP contribution is -2.60. The first-order chi connectivity index (χ1) is 18.8. The third-order valence-corrected chi connectivity index (χ3v) is 9.41. The molecule has 3 aromatic rings. The number of ether oxygens (including phenoxy) is 2. The minimum Gasteiger partial charge on any atom is -0.504 e. The number of phenolic OH excluding ortho intramolecular Hbond substituents is 1. The van der Waals surface area contributed by atoms with Gasteiger partial charge < -0.3 is 24.6 Å². The summed E-state index contributed by atoms with van der Waals surface area (Å²) in [5.41, 5.74) is 2.02. The number of carboxylic acids is 1. The number of fused-ring (bicyclic) bond motifs is 1. The lowest BCUT2D eigenvalue weighted by molar-refractivity contribution is -0.157. The van der Waals surface area contributed by atoms with Crippen LogP contribution in [0.3, 0.4) is 0 Å². The number of hydrogen-bond acceptors (Lipinski definition) is 5. The molecule has 4 atom stereocenters. The monoisotopic (exact) mass is 525 g/mol. The van der Waals surface area contributed by atoms with Gasteiger partial charge in [-0.3, -0.25) is 9.59 Å². The number of likely N-dealkylation sites (tertiary alicyclic amines) is 1. The molecule has 2 bridgehead atoms. The molecule has 39 heavy (non-hydrogen) atoms. The minimum atomic E-state index is -1.17. The number of methoxy groups -OCH3 is 2. The van der Waals surface area contributed by atoms with Gasteiger partial charge in [0.05, 0.1) is 19.6 Å². The molecule has 2 N–H and O–H groups in total. The van der Waals surface area contributed by atoms with Crippen LogP contribution in [0.15, 0.2) is 73.3 Å². The van der Waals surface area contributed by atoms with Crippen LogP contribution in [0.5, 0.6) is 17.2 Å². The molecular weight excluding hydrogens is 494 g/mol. The average Bonchev–Trinajstić information content (AvgIpc) is 3.41. The van der Waals surface area contributed by atoms with Crippen molar-refractivity contribution in [2.45, 2.75) is 24.2 Å². The number of amides is 1. The van der Waals surface area contributed by atoms with Crippen molar-refractivity contribution in [3.63, 3.8) is 0 Å². The molecule has 2 fully saturated rings. The van der Waals surface area contributed by atoms with E-state index in [1.807, 2.05) is 42.5 Å². The first-order valence-electron chi connectivity index (χ1n) is 13.1. The molecule has 1 saturated heterocycles. The van der Waals surface area contributed by atoms with Gasteiger partial charge in [-0.05, 0) is 47.7 Å². The van der Waals surface area contributed by atoms with Crippen LogP contribution in [0, 0.1) is 11.3 Å². The first kappa shape index (κ1) is 25.0. The number of carbonyl (C=O) groups excluding carboxylic acids is 1. The molecule has 0 aromatic heterocycles. The highest BCUT2D eigenvalue weighted by molar-refractivity contribution is 6.19. The number of nitrogens with zero attached hydrogens (tertiary/aromatic N) is 1. The van der Waals surface area contributed by atoms with Gasteiger partial charge in [0.25, 0.3) is 5.91 Å². The van der Waals surface area contributed by atoms with Gasteiger partial charge in [0.2, 0.25) is 0 Å². The highest BCUT2D eigenvalue weighted by Crippen LogP contribution is 2.69. The molecule has 3 aliphatic carbocycles. The normalized spacial score (nSPS) is 26.5. The first-order valence-corrected chi connectivity index (χ1v) is 13.1. The predicted molar refractivity (Wildman–Crippen MR) is 146 cm³/mol. The third-order valence-electron chi connectivity index (χ3n) is 9.41. The second-order valence-electron chi connectivity index (χ2n) is 10.8. The Morgan fingerprint density at radius 3 is 2.46 bits per heavy atom. The van der Waals surface area contributed by atoms with E-state index in [2.05, 4.69) is 12.6 Å². The highest BCUT2D eigenvalue weighted by atomic mass is 16.5. The number of rotatable bonds is 6. The zero-order valence-electron chi connectivity index (χ0n) is 22.0. The smallest absolute Gasteiger partial charge is 0.312 e. The van der Waals surface area contributed by atoms with E-state index >= 15 is 0 Å². The molecule has 0 spiro atoms. The fourth-order valence-corrected chi connectivity index (χ4v) is 7.77. The van der Waals surface area contributed by atoms with Crippen molar-refractivity contribution in [2.24, 2.45) is 11.3 Å². The maximum Gasteiger partial charge on any atom is 0.312 e. The van der Waals surface area contributed by atoms with E-state index in [1.165, 1.54) is 7.11 Å². The summed E-state index contributed by atoms with van der Waals surface area (Å²) in [7, 11) is 3.05. The topological polar surface area (TPSA) is 96.3 Å². The van der Waals surface area contributed by atoms with Gasteiger partial charge in [0.1, 0.15) is 5.75 Å². The quantitative estimate of drug-likeness (QED) is 0.448. The van der Waals surface area contributed by atoms with Crippen LogP contribution in [0.2, 0.25) is 0 Å². The minimum absolute atomic E-state index is 0.0243. The number of phenols is 1. The number of benzene rings is 3. The summed E-state index contributed by atoms with van der Waals surface area (Å²) in [6.07, 6.45) is 1.41. The molecule has 200 valence electrons. The maximum absolute atomic E-state index is 13.9. The summed E-state index contributed by atoms with van der Waals surface area (Å²) in [6.45, 7) is 4.47. The largest absolute Gasteiger partial charge is 0.504 e. The molecule has 1 heterocycles. The molecule has 1 amide bonds. The van der Waals surface area contributed by atoms with Crippen molar-refractivity contribution >= 4 is 17.4 Å². The van der Waals surface area contributed by atoms with Gasteiger partial charge in [0, 0.05) is 41.5 Å². The van der Waals surface area contributed by atoms with Gasteiger partial charge in [-0.15, -0.1) is 0 Å². The van der Waals surface area contributed by atoms with Gasteiger partial charge in [0.15, 0.2) is 11.5 Å². The maximum atomic E-state index is 13.9.